The summed E-state index contributed by atoms with van der Waals surface area (Å²) < 4.78 is 7.95. The molecule has 1 heterocycles. The number of nitrogens with zero attached hydrogens (tertiary/aromatic N) is 1. The number of aromatic nitrogens is 1. The fraction of sp³-hybridized carbons (Fsp3) is 0.357. The maximum absolute atomic E-state index is 11.7. The van der Waals surface area contributed by atoms with Gasteiger partial charge in [-0.3, -0.25) is 4.79 Å². The van der Waals surface area contributed by atoms with Crippen molar-refractivity contribution >= 4 is 32.8 Å². The molecule has 0 amide bonds. The van der Waals surface area contributed by atoms with Crippen LogP contribution in [0.15, 0.2) is 34.9 Å². The lowest BCUT2D eigenvalue weighted by Gasteiger charge is -2.22. The quantitative estimate of drug-likeness (QED) is 0.811. The zero-order chi connectivity index (χ0) is 13.3. The molecule has 0 N–H and O–H groups in total. The van der Waals surface area contributed by atoms with Crippen molar-refractivity contribution in [3.8, 4) is 0 Å². The molecular formula is C14H16BrNO2. The molecular weight excluding hydrogens is 294 g/mol. The van der Waals surface area contributed by atoms with Crippen molar-refractivity contribution in [3.63, 3.8) is 0 Å². The molecule has 2 rings (SSSR count). The van der Waals surface area contributed by atoms with Gasteiger partial charge in [-0.1, -0.05) is 22.0 Å². The number of hydrogen-bond donors (Lipinski definition) is 0. The monoisotopic (exact) mass is 309 g/mol. The van der Waals surface area contributed by atoms with Gasteiger partial charge in [0.2, 0.25) is 0 Å². The first-order chi connectivity index (χ1) is 8.44. The van der Waals surface area contributed by atoms with Crippen LogP contribution in [0.25, 0.3) is 10.9 Å². The lowest BCUT2D eigenvalue weighted by molar-refractivity contribution is -0.151. The third kappa shape index (κ3) is 2.43. The Hall–Kier alpha value is -1.29. The highest BCUT2D eigenvalue weighted by Crippen LogP contribution is 2.26. The van der Waals surface area contributed by atoms with Gasteiger partial charge in [-0.15, -0.1) is 0 Å². The van der Waals surface area contributed by atoms with Gasteiger partial charge in [-0.25, -0.2) is 0 Å². The van der Waals surface area contributed by atoms with E-state index in [0.29, 0.717) is 6.54 Å². The van der Waals surface area contributed by atoms with Crippen LogP contribution in [0.3, 0.4) is 0 Å². The standard InChI is InChI=1S/C14H16BrNO2/c1-14(2,13(17)18-3)9-16-7-6-10-4-5-11(15)8-12(10)16/h4-8H,9H2,1-3H3. The zero-order valence-electron chi connectivity index (χ0n) is 10.7. The van der Waals surface area contributed by atoms with Gasteiger partial charge in [-0.05, 0) is 37.4 Å². The molecule has 96 valence electrons. The van der Waals surface area contributed by atoms with E-state index in [2.05, 4.69) is 38.7 Å². The number of ether oxygens (including phenoxy) is 1. The summed E-state index contributed by atoms with van der Waals surface area (Å²) in [7, 11) is 1.43. The van der Waals surface area contributed by atoms with E-state index in [1.807, 2.05) is 26.1 Å². The second-order valence-corrected chi connectivity index (χ2v) is 5.94. The second kappa shape index (κ2) is 4.76. The number of fused-ring (bicyclic) bond motifs is 1. The van der Waals surface area contributed by atoms with Crippen LogP contribution in [-0.2, 0) is 16.1 Å². The number of halogens is 1. The summed E-state index contributed by atoms with van der Waals surface area (Å²) in [6.07, 6.45) is 2.00. The van der Waals surface area contributed by atoms with Crippen LogP contribution in [0, 0.1) is 5.41 Å². The molecule has 0 saturated heterocycles. The number of rotatable bonds is 3. The van der Waals surface area contributed by atoms with Crippen LogP contribution in [0.4, 0.5) is 0 Å². The van der Waals surface area contributed by atoms with E-state index in [1.54, 1.807) is 0 Å². The number of benzene rings is 1. The molecule has 3 nitrogen and oxygen atoms in total. The number of methoxy groups -OCH3 is 1. The Labute approximate surface area is 115 Å². The lowest BCUT2D eigenvalue weighted by atomic mass is 9.93. The van der Waals surface area contributed by atoms with E-state index in [4.69, 9.17) is 4.74 Å². The average Bonchev–Trinajstić information content (AvgIpc) is 2.70. The van der Waals surface area contributed by atoms with Crippen LogP contribution in [0.1, 0.15) is 13.8 Å². The normalized spacial score (nSPS) is 11.8. The summed E-state index contributed by atoms with van der Waals surface area (Å²) in [5, 5.41) is 1.17. The first kappa shape index (κ1) is 13.1. The van der Waals surface area contributed by atoms with E-state index in [0.717, 1.165) is 9.99 Å². The Bertz CT molecular complexity index is 586. The molecule has 1 aromatic carbocycles. The van der Waals surface area contributed by atoms with Crippen LogP contribution < -0.4 is 0 Å². The van der Waals surface area contributed by atoms with Gasteiger partial charge in [-0.2, -0.15) is 0 Å². The molecule has 0 spiro atoms. The van der Waals surface area contributed by atoms with Crippen molar-refractivity contribution in [2.24, 2.45) is 5.41 Å². The summed E-state index contributed by atoms with van der Waals surface area (Å²) in [6, 6.07) is 8.18. The molecule has 0 radical (unpaired) electrons. The fourth-order valence-corrected chi connectivity index (χ4v) is 2.41. The van der Waals surface area contributed by atoms with Gasteiger partial charge in [0.1, 0.15) is 0 Å². The predicted molar refractivity (Wildman–Crippen MR) is 75.4 cm³/mol. The Morgan fingerprint density at radius 2 is 2.11 bits per heavy atom. The molecule has 0 saturated carbocycles. The smallest absolute Gasteiger partial charge is 0.313 e. The number of esters is 1. The molecule has 18 heavy (non-hydrogen) atoms. The number of hydrogen-bond acceptors (Lipinski definition) is 2. The minimum Gasteiger partial charge on any atom is -0.469 e. The Balaban J connectivity index is 2.37. The second-order valence-electron chi connectivity index (χ2n) is 5.02. The Morgan fingerprint density at radius 1 is 1.39 bits per heavy atom. The highest BCUT2D eigenvalue weighted by atomic mass is 79.9. The largest absolute Gasteiger partial charge is 0.469 e. The summed E-state index contributed by atoms with van der Waals surface area (Å²) in [5.74, 6) is -0.195. The minimum atomic E-state index is -0.539. The lowest BCUT2D eigenvalue weighted by Crippen LogP contribution is -2.30. The third-order valence-corrected chi connectivity index (χ3v) is 3.53. The zero-order valence-corrected chi connectivity index (χ0v) is 12.3. The van der Waals surface area contributed by atoms with Gasteiger partial charge in [0, 0.05) is 22.7 Å². The van der Waals surface area contributed by atoms with Gasteiger partial charge in [0.25, 0.3) is 0 Å². The summed E-state index contributed by atoms with van der Waals surface area (Å²) in [4.78, 5) is 11.7. The molecule has 1 aromatic heterocycles. The minimum absolute atomic E-state index is 0.195. The first-order valence-corrected chi connectivity index (χ1v) is 6.56. The molecule has 4 heteroatoms. The molecule has 0 aliphatic carbocycles. The highest BCUT2D eigenvalue weighted by molar-refractivity contribution is 9.10. The maximum atomic E-state index is 11.7. The van der Waals surface area contributed by atoms with E-state index < -0.39 is 5.41 Å². The molecule has 0 aliphatic rings. The fourth-order valence-electron chi connectivity index (χ4n) is 2.06. The molecule has 2 aromatic rings. The summed E-state index contributed by atoms with van der Waals surface area (Å²) in [6.45, 7) is 4.38. The van der Waals surface area contributed by atoms with E-state index in [1.165, 1.54) is 12.5 Å². The van der Waals surface area contributed by atoms with Gasteiger partial charge in [0.15, 0.2) is 0 Å². The van der Waals surface area contributed by atoms with Crippen LogP contribution in [0.2, 0.25) is 0 Å². The topological polar surface area (TPSA) is 31.2 Å². The number of carbonyl (C=O) groups excluding carboxylic acids is 1. The molecule has 0 fully saturated rings. The highest BCUT2D eigenvalue weighted by Gasteiger charge is 2.29. The number of carbonyl (C=O) groups is 1. The summed E-state index contributed by atoms with van der Waals surface area (Å²) >= 11 is 3.47. The van der Waals surface area contributed by atoms with Crippen LogP contribution in [-0.4, -0.2) is 17.6 Å². The van der Waals surface area contributed by atoms with Crippen LogP contribution in [0.5, 0.6) is 0 Å². The van der Waals surface area contributed by atoms with Gasteiger partial charge >= 0.3 is 5.97 Å². The van der Waals surface area contributed by atoms with Crippen molar-refractivity contribution in [2.45, 2.75) is 20.4 Å². The van der Waals surface area contributed by atoms with Crippen molar-refractivity contribution in [2.75, 3.05) is 7.11 Å². The van der Waals surface area contributed by atoms with E-state index in [-0.39, 0.29) is 5.97 Å². The SMILES string of the molecule is COC(=O)C(C)(C)Cn1ccc2ccc(Br)cc21. The molecule has 0 unspecified atom stereocenters. The summed E-state index contributed by atoms with van der Waals surface area (Å²) in [5.41, 5.74) is 0.574. The Morgan fingerprint density at radius 3 is 2.78 bits per heavy atom. The van der Waals surface area contributed by atoms with Crippen molar-refractivity contribution in [1.29, 1.82) is 0 Å². The third-order valence-electron chi connectivity index (χ3n) is 3.04. The van der Waals surface area contributed by atoms with Crippen LogP contribution >= 0.6 is 15.9 Å². The van der Waals surface area contributed by atoms with Gasteiger partial charge in [0.05, 0.1) is 12.5 Å². The molecule has 0 aliphatic heterocycles. The first-order valence-electron chi connectivity index (χ1n) is 5.77. The van der Waals surface area contributed by atoms with E-state index in [9.17, 15) is 4.79 Å². The molecule has 0 bridgehead atoms. The maximum Gasteiger partial charge on any atom is 0.313 e. The van der Waals surface area contributed by atoms with Gasteiger partial charge < -0.3 is 9.30 Å². The van der Waals surface area contributed by atoms with E-state index >= 15 is 0 Å². The predicted octanol–water partition coefficient (Wildman–Crippen LogP) is 3.60. The average molecular weight is 310 g/mol. The van der Waals surface area contributed by atoms with Crippen molar-refractivity contribution < 1.29 is 9.53 Å². The molecule has 0 atom stereocenters. The van der Waals surface area contributed by atoms with Crippen molar-refractivity contribution in [1.82, 2.24) is 4.57 Å². The Kier molecular flexibility index (Phi) is 3.48. The van der Waals surface area contributed by atoms with Crippen molar-refractivity contribution in [3.05, 3.63) is 34.9 Å².